The molecule has 0 aliphatic carbocycles. The number of nitrogens with two attached hydrogens (primary N) is 1. The van der Waals surface area contributed by atoms with E-state index in [1.807, 2.05) is 6.26 Å². The zero-order valence-electron chi connectivity index (χ0n) is 4.96. The van der Waals surface area contributed by atoms with Crippen LogP contribution < -0.4 is 5.73 Å². The molecule has 0 aromatic carbocycles. The predicted molar refractivity (Wildman–Crippen MR) is 37.0 cm³/mol. The fourth-order valence-corrected chi connectivity index (χ4v) is 0.830. The van der Waals surface area contributed by atoms with Gasteiger partial charge in [0.2, 0.25) is 0 Å². The summed E-state index contributed by atoms with van der Waals surface area (Å²) in [7, 11) is 0. The smallest absolute Gasteiger partial charge is 0.136 e. The second-order valence-electron chi connectivity index (χ2n) is 1.58. The van der Waals surface area contributed by atoms with E-state index in [9.17, 15) is 4.79 Å². The van der Waals surface area contributed by atoms with E-state index in [2.05, 4.69) is 0 Å². The SMILES string of the molecule is CSCCC(N)C=O. The van der Waals surface area contributed by atoms with Gasteiger partial charge in [-0.2, -0.15) is 11.8 Å². The summed E-state index contributed by atoms with van der Waals surface area (Å²) >= 11 is 1.71. The summed E-state index contributed by atoms with van der Waals surface area (Å²) in [4.78, 5) is 9.88. The molecule has 8 heavy (non-hydrogen) atoms. The molecule has 0 amide bonds. The highest BCUT2D eigenvalue weighted by Crippen LogP contribution is 1.95. The van der Waals surface area contributed by atoms with E-state index in [4.69, 9.17) is 5.73 Å². The third-order valence-electron chi connectivity index (χ3n) is 0.830. The quantitative estimate of drug-likeness (QED) is 0.560. The Bertz CT molecular complexity index is 67.4. The first kappa shape index (κ1) is 7.98. The highest BCUT2D eigenvalue weighted by Gasteiger charge is 1.95. The summed E-state index contributed by atoms with van der Waals surface area (Å²) in [5.74, 6) is 0.972. The van der Waals surface area contributed by atoms with Gasteiger partial charge >= 0.3 is 0 Å². The second kappa shape index (κ2) is 5.12. The Kier molecular flexibility index (Phi) is 5.11. The van der Waals surface area contributed by atoms with Crippen molar-refractivity contribution in [2.45, 2.75) is 12.5 Å². The molecule has 0 saturated carbocycles. The van der Waals surface area contributed by atoms with Crippen molar-refractivity contribution < 1.29 is 4.79 Å². The molecule has 0 bridgehead atoms. The van der Waals surface area contributed by atoms with Crippen LogP contribution in [0.5, 0.6) is 0 Å². The molecule has 0 aromatic rings. The zero-order valence-corrected chi connectivity index (χ0v) is 5.78. The molecule has 0 fully saturated rings. The third-order valence-corrected chi connectivity index (χ3v) is 1.47. The molecule has 0 aliphatic rings. The van der Waals surface area contributed by atoms with E-state index in [0.29, 0.717) is 0 Å². The standard InChI is InChI=1S/C5H11NOS/c1-8-3-2-5(6)4-7/h4-5H,2-3,6H2,1H3. The van der Waals surface area contributed by atoms with Crippen LogP contribution in [0.15, 0.2) is 0 Å². The van der Waals surface area contributed by atoms with Crippen molar-refractivity contribution in [3.8, 4) is 0 Å². The Morgan fingerprint density at radius 2 is 2.50 bits per heavy atom. The fourth-order valence-electron chi connectivity index (χ4n) is 0.322. The van der Waals surface area contributed by atoms with E-state index < -0.39 is 0 Å². The van der Waals surface area contributed by atoms with E-state index in [1.54, 1.807) is 11.8 Å². The van der Waals surface area contributed by atoms with Crippen molar-refractivity contribution in [1.82, 2.24) is 0 Å². The molecule has 3 heteroatoms. The zero-order chi connectivity index (χ0) is 6.41. The fraction of sp³-hybridized carbons (Fsp3) is 0.800. The van der Waals surface area contributed by atoms with Crippen molar-refractivity contribution in [2.24, 2.45) is 5.73 Å². The monoisotopic (exact) mass is 133 g/mol. The minimum Gasteiger partial charge on any atom is -0.322 e. The maximum absolute atomic E-state index is 9.88. The summed E-state index contributed by atoms with van der Waals surface area (Å²) in [5.41, 5.74) is 5.28. The van der Waals surface area contributed by atoms with Crippen LogP contribution in [0.1, 0.15) is 6.42 Å². The first-order valence-electron chi connectivity index (χ1n) is 2.51. The molecule has 0 rings (SSSR count). The van der Waals surface area contributed by atoms with Gasteiger partial charge in [-0.25, -0.2) is 0 Å². The molecule has 48 valence electrons. The molecule has 2 nitrogen and oxygen atoms in total. The average Bonchev–Trinajstić information content (AvgIpc) is 1.83. The number of rotatable bonds is 4. The van der Waals surface area contributed by atoms with E-state index in [1.165, 1.54) is 0 Å². The summed E-state index contributed by atoms with van der Waals surface area (Å²) in [5, 5.41) is 0. The number of hydrogen-bond acceptors (Lipinski definition) is 3. The van der Waals surface area contributed by atoms with Gasteiger partial charge in [-0.3, -0.25) is 0 Å². The van der Waals surface area contributed by atoms with Crippen LogP contribution in [-0.4, -0.2) is 24.3 Å². The Morgan fingerprint density at radius 3 is 2.88 bits per heavy atom. The Balaban J connectivity index is 2.98. The van der Waals surface area contributed by atoms with E-state index in [0.717, 1.165) is 18.5 Å². The lowest BCUT2D eigenvalue weighted by molar-refractivity contribution is -0.108. The number of carbonyl (C=O) groups is 1. The van der Waals surface area contributed by atoms with Crippen LogP contribution in [0.4, 0.5) is 0 Å². The molecule has 0 aromatic heterocycles. The minimum atomic E-state index is -0.248. The molecule has 2 N–H and O–H groups in total. The van der Waals surface area contributed by atoms with Crippen LogP contribution >= 0.6 is 11.8 Å². The Morgan fingerprint density at radius 1 is 1.88 bits per heavy atom. The average molecular weight is 133 g/mol. The number of aldehydes is 1. The van der Waals surface area contributed by atoms with Crippen molar-refractivity contribution in [3.05, 3.63) is 0 Å². The van der Waals surface area contributed by atoms with Gasteiger partial charge in [0.05, 0.1) is 6.04 Å². The van der Waals surface area contributed by atoms with Gasteiger partial charge in [-0.05, 0) is 18.4 Å². The highest BCUT2D eigenvalue weighted by molar-refractivity contribution is 7.98. The van der Waals surface area contributed by atoms with Gasteiger partial charge in [0, 0.05) is 0 Å². The Labute approximate surface area is 53.8 Å². The second-order valence-corrected chi connectivity index (χ2v) is 2.57. The van der Waals surface area contributed by atoms with Crippen molar-refractivity contribution >= 4 is 18.0 Å². The molecule has 1 unspecified atom stereocenters. The van der Waals surface area contributed by atoms with E-state index >= 15 is 0 Å². The molecule has 0 aliphatic heterocycles. The first-order valence-corrected chi connectivity index (χ1v) is 3.90. The lowest BCUT2D eigenvalue weighted by atomic mass is 10.3. The number of carbonyl (C=O) groups excluding carboxylic acids is 1. The lowest BCUT2D eigenvalue weighted by Crippen LogP contribution is -2.21. The number of thioether (sulfide) groups is 1. The number of hydrogen-bond donors (Lipinski definition) is 1. The van der Waals surface area contributed by atoms with Gasteiger partial charge < -0.3 is 10.5 Å². The summed E-state index contributed by atoms with van der Waals surface area (Å²) in [6, 6.07) is -0.248. The van der Waals surface area contributed by atoms with Crippen molar-refractivity contribution in [3.63, 3.8) is 0 Å². The predicted octanol–water partition coefficient (Wildman–Crippen LogP) is 0.266. The van der Waals surface area contributed by atoms with Gasteiger partial charge in [-0.1, -0.05) is 0 Å². The van der Waals surface area contributed by atoms with E-state index in [-0.39, 0.29) is 6.04 Å². The first-order chi connectivity index (χ1) is 3.81. The van der Waals surface area contributed by atoms with Crippen molar-refractivity contribution in [2.75, 3.05) is 12.0 Å². The molecule has 0 heterocycles. The topological polar surface area (TPSA) is 43.1 Å². The van der Waals surface area contributed by atoms with Gasteiger partial charge in [0.1, 0.15) is 6.29 Å². The largest absolute Gasteiger partial charge is 0.322 e. The Hall–Kier alpha value is -0.0200. The summed E-state index contributed by atoms with van der Waals surface area (Å²) in [6.07, 6.45) is 3.58. The maximum Gasteiger partial charge on any atom is 0.136 e. The van der Waals surface area contributed by atoms with Crippen LogP contribution in [0, 0.1) is 0 Å². The van der Waals surface area contributed by atoms with Gasteiger partial charge in [0.15, 0.2) is 0 Å². The van der Waals surface area contributed by atoms with Gasteiger partial charge in [0.25, 0.3) is 0 Å². The van der Waals surface area contributed by atoms with Crippen molar-refractivity contribution in [1.29, 1.82) is 0 Å². The van der Waals surface area contributed by atoms with Gasteiger partial charge in [-0.15, -0.1) is 0 Å². The normalized spacial score (nSPS) is 13.2. The maximum atomic E-state index is 9.88. The molecular formula is C5H11NOS. The molecule has 0 spiro atoms. The van der Waals surface area contributed by atoms with Crippen LogP contribution in [0.2, 0.25) is 0 Å². The van der Waals surface area contributed by atoms with Crippen LogP contribution in [-0.2, 0) is 4.79 Å². The summed E-state index contributed by atoms with van der Waals surface area (Å²) < 4.78 is 0. The molecule has 1 atom stereocenters. The molecule has 0 saturated heterocycles. The summed E-state index contributed by atoms with van der Waals surface area (Å²) in [6.45, 7) is 0. The molecule has 0 radical (unpaired) electrons. The third kappa shape index (κ3) is 4.15. The van der Waals surface area contributed by atoms with Crippen LogP contribution in [0.3, 0.4) is 0 Å². The highest BCUT2D eigenvalue weighted by atomic mass is 32.2. The van der Waals surface area contributed by atoms with Crippen LogP contribution in [0.25, 0.3) is 0 Å². The minimum absolute atomic E-state index is 0.248. The molecular weight excluding hydrogens is 122 g/mol. The lowest BCUT2D eigenvalue weighted by Gasteiger charge is -1.98.